The third-order valence-corrected chi connectivity index (χ3v) is 12.8. The van der Waals surface area contributed by atoms with Crippen LogP contribution in [0.1, 0.15) is 9.75 Å². The van der Waals surface area contributed by atoms with Crippen molar-refractivity contribution in [3.05, 3.63) is 93.3 Å². The first-order valence-corrected chi connectivity index (χ1v) is 16.5. The predicted octanol–water partition coefficient (Wildman–Crippen LogP) is 12.2. The highest BCUT2D eigenvalue weighted by Gasteiger charge is 2.12. The Kier molecular flexibility index (Phi) is 5.07. The van der Waals surface area contributed by atoms with Gasteiger partial charge in [-0.25, -0.2) is 0 Å². The van der Waals surface area contributed by atoms with Crippen molar-refractivity contribution in [2.75, 3.05) is 0 Å². The fraction of sp³-hybridized carbons (Fsp3) is 0. The first-order valence-electron chi connectivity index (χ1n) is 11.5. The first-order chi connectivity index (χ1) is 17.8. The molecule has 6 aromatic heterocycles. The van der Waals surface area contributed by atoms with E-state index in [1.165, 1.54) is 69.6 Å². The van der Waals surface area contributed by atoms with Crippen molar-refractivity contribution in [1.29, 1.82) is 0 Å². The number of fused-ring (bicyclic) bond motifs is 6. The van der Waals surface area contributed by atoms with Crippen LogP contribution in [0.2, 0.25) is 0 Å². The van der Waals surface area contributed by atoms with Crippen molar-refractivity contribution >= 4 is 121 Å². The lowest BCUT2D eigenvalue weighted by molar-refractivity contribution is 1.95. The van der Waals surface area contributed by atoms with E-state index in [0.717, 1.165) is 0 Å². The van der Waals surface area contributed by atoms with Gasteiger partial charge in [-0.1, -0.05) is 12.1 Å². The fourth-order valence-electron chi connectivity index (χ4n) is 4.71. The quantitative estimate of drug-likeness (QED) is 0.198. The monoisotopic (exact) mass is 568 g/mol. The van der Waals surface area contributed by atoms with Crippen LogP contribution in [0.5, 0.6) is 0 Å². The Hall–Kier alpha value is -2.58. The van der Waals surface area contributed by atoms with Crippen LogP contribution in [0.4, 0.5) is 0 Å². The molecule has 6 heterocycles. The number of rotatable bonds is 4. The van der Waals surface area contributed by atoms with Crippen LogP contribution in [0, 0.1) is 0 Å². The topological polar surface area (TPSA) is 0 Å². The summed E-state index contributed by atoms with van der Waals surface area (Å²) in [6.45, 7) is 0. The van der Waals surface area contributed by atoms with Crippen molar-refractivity contribution < 1.29 is 0 Å². The molecule has 0 amide bonds. The molecule has 6 heteroatoms. The van der Waals surface area contributed by atoms with Crippen molar-refractivity contribution in [2.45, 2.75) is 0 Å². The van der Waals surface area contributed by atoms with Crippen molar-refractivity contribution in [1.82, 2.24) is 0 Å². The van der Waals surface area contributed by atoms with Gasteiger partial charge in [0.1, 0.15) is 0 Å². The lowest BCUT2D eigenvalue weighted by Gasteiger charge is -1.90. The second kappa shape index (κ2) is 8.48. The van der Waals surface area contributed by atoms with Gasteiger partial charge in [0, 0.05) is 69.6 Å². The molecule has 0 aliphatic heterocycles. The lowest BCUT2D eigenvalue weighted by Crippen LogP contribution is -1.64. The molecule has 0 spiro atoms. The Labute approximate surface area is 231 Å². The zero-order chi connectivity index (χ0) is 23.6. The number of benzene rings is 2. The molecule has 0 N–H and O–H groups in total. The molecule has 0 bridgehead atoms. The van der Waals surface area contributed by atoms with Gasteiger partial charge in [-0.2, -0.15) is 0 Å². The van der Waals surface area contributed by atoms with E-state index in [9.17, 15) is 0 Å². The molecule has 8 aromatic rings. The summed E-state index contributed by atoms with van der Waals surface area (Å²) in [4.78, 5) is 8.04. The van der Waals surface area contributed by atoms with Crippen LogP contribution in [-0.4, -0.2) is 0 Å². The third kappa shape index (κ3) is 3.56. The molecule has 0 fully saturated rings. The molecule has 0 saturated heterocycles. The SMILES string of the molecule is C(=Cc1cc2c(ccc3sc(-c4cccs4)cc32)s1)c1cc2c(ccc3sc(-c4cccs4)cc32)s1. The maximum atomic E-state index is 2.37. The highest BCUT2D eigenvalue weighted by atomic mass is 32.1. The molecule has 0 unspecified atom stereocenters. The van der Waals surface area contributed by atoms with Crippen LogP contribution in [0.3, 0.4) is 0 Å². The van der Waals surface area contributed by atoms with Crippen LogP contribution < -0.4 is 0 Å². The third-order valence-electron chi connectivity index (χ3n) is 6.37. The highest BCUT2D eigenvalue weighted by molar-refractivity contribution is 7.27. The molecule has 2 aromatic carbocycles. The van der Waals surface area contributed by atoms with Gasteiger partial charge >= 0.3 is 0 Å². The zero-order valence-electron chi connectivity index (χ0n) is 18.7. The Balaban J connectivity index is 1.16. The summed E-state index contributed by atoms with van der Waals surface area (Å²) in [6.07, 6.45) is 4.57. The second-order valence-corrected chi connectivity index (χ2v) is 14.9. The standard InChI is InChI=1S/C30H16S6/c1-3-27(31-11-1)29-15-21-19-13-17(33-23(19)7-9-25(21)35-29)5-6-18-14-20-22-16-30(28-4-2-12-32-28)36-26(22)10-8-24(20)34-18/h1-16H. The molecule has 0 atom stereocenters. The summed E-state index contributed by atoms with van der Waals surface area (Å²) in [6, 6.07) is 27.3. The number of thiophene rings is 6. The molecule has 0 aliphatic rings. The number of hydrogen-bond acceptors (Lipinski definition) is 6. The van der Waals surface area contributed by atoms with E-state index in [1.807, 2.05) is 68.0 Å². The van der Waals surface area contributed by atoms with E-state index in [0.29, 0.717) is 0 Å². The maximum Gasteiger partial charge on any atom is 0.0455 e. The van der Waals surface area contributed by atoms with Crippen LogP contribution in [0.15, 0.2) is 83.6 Å². The van der Waals surface area contributed by atoms with Crippen molar-refractivity contribution in [3.8, 4) is 19.5 Å². The van der Waals surface area contributed by atoms with Gasteiger partial charge in [-0.05, 0) is 83.6 Å². The minimum Gasteiger partial charge on any atom is -0.143 e. The molecule has 36 heavy (non-hydrogen) atoms. The Morgan fingerprint density at radius 3 is 1.25 bits per heavy atom. The average molecular weight is 569 g/mol. The van der Waals surface area contributed by atoms with Crippen molar-refractivity contribution in [3.63, 3.8) is 0 Å². The second-order valence-electron chi connectivity index (χ2n) is 8.59. The van der Waals surface area contributed by atoms with Crippen LogP contribution in [0.25, 0.3) is 72.0 Å². The van der Waals surface area contributed by atoms with E-state index in [-0.39, 0.29) is 0 Å². The van der Waals surface area contributed by atoms with Gasteiger partial charge in [0.25, 0.3) is 0 Å². The van der Waals surface area contributed by atoms with E-state index < -0.39 is 0 Å². The zero-order valence-corrected chi connectivity index (χ0v) is 23.6. The first kappa shape index (κ1) is 21.5. The summed E-state index contributed by atoms with van der Waals surface area (Å²) in [7, 11) is 0. The molecule has 0 aliphatic carbocycles. The van der Waals surface area contributed by atoms with E-state index in [2.05, 4.69) is 95.7 Å². The van der Waals surface area contributed by atoms with E-state index in [1.54, 1.807) is 0 Å². The Morgan fingerprint density at radius 1 is 0.417 bits per heavy atom. The molecule has 0 nitrogen and oxygen atoms in total. The molecule has 0 saturated carbocycles. The normalized spacial score (nSPS) is 12.3. The van der Waals surface area contributed by atoms with Gasteiger partial charge in [-0.3, -0.25) is 0 Å². The smallest absolute Gasteiger partial charge is 0.0455 e. The van der Waals surface area contributed by atoms with E-state index in [4.69, 9.17) is 0 Å². The van der Waals surface area contributed by atoms with Gasteiger partial charge in [0.2, 0.25) is 0 Å². The molecule has 8 rings (SSSR count). The summed E-state index contributed by atoms with van der Waals surface area (Å²) in [5.41, 5.74) is 0. The van der Waals surface area contributed by atoms with Crippen LogP contribution in [-0.2, 0) is 0 Å². The number of hydrogen-bond donors (Lipinski definition) is 0. The van der Waals surface area contributed by atoms with Gasteiger partial charge in [0.05, 0.1) is 0 Å². The van der Waals surface area contributed by atoms with E-state index >= 15 is 0 Å². The largest absolute Gasteiger partial charge is 0.143 e. The minimum atomic E-state index is 1.31. The molecular weight excluding hydrogens is 553 g/mol. The Morgan fingerprint density at radius 2 is 0.833 bits per heavy atom. The van der Waals surface area contributed by atoms with Gasteiger partial charge < -0.3 is 0 Å². The van der Waals surface area contributed by atoms with Crippen LogP contribution >= 0.6 is 68.0 Å². The lowest BCUT2D eigenvalue weighted by atomic mass is 10.1. The predicted molar refractivity (Wildman–Crippen MR) is 170 cm³/mol. The highest BCUT2D eigenvalue weighted by Crippen LogP contribution is 2.43. The maximum absolute atomic E-state index is 2.37. The summed E-state index contributed by atoms with van der Waals surface area (Å²) < 4.78 is 5.45. The molecule has 172 valence electrons. The molecule has 0 radical (unpaired) electrons. The minimum absolute atomic E-state index is 1.31. The fourth-order valence-corrected chi connectivity index (χ4v) is 10.5. The van der Waals surface area contributed by atoms with Crippen molar-refractivity contribution in [2.24, 2.45) is 0 Å². The summed E-state index contributed by atoms with van der Waals surface area (Å²) in [5.74, 6) is 0. The van der Waals surface area contributed by atoms with Gasteiger partial charge in [-0.15, -0.1) is 68.0 Å². The molecular formula is C30H16S6. The van der Waals surface area contributed by atoms with Gasteiger partial charge in [0.15, 0.2) is 0 Å². The Bertz CT molecular complexity index is 1890. The summed E-state index contributed by atoms with van der Waals surface area (Å²) in [5, 5.41) is 9.80. The average Bonchev–Trinajstić information content (AvgIpc) is 3.72. The summed E-state index contributed by atoms with van der Waals surface area (Å²) >= 11 is 11.2.